The number of carbonyl (C=O) groups excluding carboxylic acids is 2. The molecule has 2 amide bonds. The molecule has 0 aromatic heterocycles. The normalized spacial score (nSPS) is 16.3. The van der Waals surface area contributed by atoms with Crippen molar-refractivity contribution in [2.75, 3.05) is 20.1 Å². The van der Waals surface area contributed by atoms with E-state index in [1.54, 1.807) is 18.0 Å². The number of hydrogen-bond acceptors (Lipinski definition) is 3. The van der Waals surface area contributed by atoms with Gasteiger partial charge in [-0.2, -0.15) is 0 Å². The fraction of sp³-hybridized carbons (Fsp3) is 0.481. The van der Waals surface area contributed by atoms with Gasteiger partial charge in [-0.05, 0) is 66.6 Å². The van der Waals surface area contributed by atoms with Crippen LogP contribution in [0.2, 0.25) is 0 Å². The van der Waals surface area contributed by atoms with Gasteiger partial charge in [0.15, 0.2) is 6.10 Å². The third-order valence-corrected chi connectivity index (χ3v) is 6.19. The maximum atomic E-state index is 14.2. The van der Waals surface area contributed by atoms with Crippen LogP contribution in [0.15, 0.2) is 42.5 Å². The van der Waals surface area contributed by atoms with Gasteiger partial charge >= 0.3 is 0 Å². The molecule has 0 radical (unpaired) electrons. The molecule has 6 heteroatoms. The van der Waals surface area contributed by atoms with E-state index < -0.39 is 12.1 Å². The van der Waals surface area contributed by atoms with E-state index in [-0.39, 0.29) is 23.5 Å². The standard InChI is InChI=1S/C27H35FN2O3/c1-6-24(27(32)29(5)7-2)33-22-12-11-19-13-14-30(25(31)15-18(3)4)26(23(19)17-22)20-9-8-10-21(28)16-20/h8-12,16-18,24,26H,6-7,13-15H2,1-5H3/t24-,26-/m0/s1. The van der Waals surface area contributed by atoms with Crippen LogP contribution in [0.4, 0.5) is 4.39 Å². The van der Waals surface area contributed by atoms with Gasteiger partial charge in [0.05, 0.1) is 6.04 Å². The van der Waals surface area contributed by atoms with Gasteiger partial charge in [-0.15, -0.1) is 0 Å². The van der Waals surface area contributed by atoms with E-state index >= 15 is 0 Å². The molecule has 178 valence electrons. The molecule has 0 spiro atoms. The Bertz CT molecular complexity index is 991. The van der Waals surface area contributed by atoms with Gasteiger partial charge in [0.2, 0.25) is 5.91 Å². The zero-order chi connectivity index (χ0) is 24.1. The molecular formula is C27H35FN2O3. The highest BCUT2D eigenvalue weighted by Gasteiger charge is 2.33. The summed E-state index contributed by atoms with van der Waals surface area (Å²) in [6.45, 7) is 9.08. The van der Waals surface area contributed by atoms with Gasteiger partial charge < -0.3 is 14.5 Å². The Morgan fingerprint density at radius 1 is 1.18 bits per heavy atom. The number of fused-ring (bicyclic) bond motifs is 1. The fourth-order valence-corrected chi connectivity index (χ4v) is 4.31. The summed E-state index contributed by atoms with van der Waals surface area (Å²) in [5.74, 6) is 0.477. The number of amides is 2. The Labute approximate surface area is 196 Å². The monoisotopic (exact) mass is 454 g/mol. The minimum absolute atomic E-state index is 0.0578. The van der Waals surface area contributed by atoms with Crippen molar-refractivity contribution in [1.29, 1.82) is 0 Å². The average molecular weight is 455 g/mol. The molecule has 3 rings (SSSR count). The Morgan fingerprint density at radius 2 is 1.94 bits per heavy atom. The molecule has 33 heavy (non-hydrogen) atoms. The summed E-state index contributed by atoms with van der Waals surface area (Å²) in [7, 11) is 1.76. The van der Waals surface area contributed by atoms with Crippen LogP contribution in [0.1, 0.15) is 63.3 Å². The number of likely N-dealkylation sites (N-methyl/N-ethyl adjacent to an activating group) is 1. The summed E-state index contributed by atoms with van der Waals surface area (Å²) in [6, 6.07) is 11.9. The number of halogens is 1. The number of rotatable bonds is 8. The summed E-state index contributed by atoms with van der Waals surface area (Å²) in [5, 5.41) is 0. The zero-order valence-electron chi connectivity index (χ0n) is 20.3. The lowest BCUT2D eigenvalue weighted by molar-refractivity contribution is -0.137. The molecular weight excluding hydrogens is 419 g/mol. The van der Waals surface area contributed by atoms with E-state index in [0.29, 0.717) is 31.7 Å². The van der Waals surface area contributed by atoms with Crippen molar-refractivity contribution < 1.29 is 18.7 Å². The number of hydrogen-bond donors (Lipinski definition) is 0. The summed E-state index contributed by atoms with van der Waals surface area (Å²) >= 11 is 0. The highest BCUT2D eigenvalue weighted by atomic mass is 19.1. The molecule has 2 atom stereocenters. The van der Waals surface area contributed by atoms with Crippen LogP contribution in [0.25, 0.3) is 0 Å². The molecule has 1 aliphatic rings. The molecule has 0 unspecified atom stereocenters. The smallest absolute Gasteiger partial charge is 0.263 e. The van der Waals surface area contributed by atoms with Crippen LogP contribution >= 0.6 is 0 Å². The minimum atomic E-state index is -0.581. The summed E-state index contributed by atoms with van der Waals surface area (Å²) in [4.78, 5) is 29.3. The van der Waals surface area contributed by atoms with Crippen LogP contribution in [0, 0.1) is 11.7 Å². The van der Waals surface area contributed by atoms with Crippen molar-refractivity contribution in [3.05, 3.63) is 65.0 Å². The molecule has 0 saturated carbocycles. The van der Waals surface area contributed by atoms with Crippen molar-refractivity contribution >= 4 is 11.8 Å². The molecule has 0 bridgehead atoms. The van der Waals surface area contributed by atoms with Crippen molar-refractivity contribution in [2.45, 2.75) is 59.1 Å². The molecule has 1 heterocycles. The Kier molecular flexibility index (Phi) is 8.11. The van der Waals surface area contributed by atoms with Crippen LogP contribution in [0.5, 0.6) is 5.75 Å². The topological polar surface area (TPSA) is 49.9 Å². The number of benzene rings is 2. The second kappa shape index (κ2) is 10.8. The molecule has 0 fully saturated rings. The molecule has 0 saturated heterocycles. The van der Waals surface area contributed by atoms with Crippen LogP contribution in [0.3, 0.4) is 0 Å². The maximum Gasteiger partial charge on any atom is 0.263 e. The van der Waals surface area contributed by atoms with Gasteiger partial charge in [-0.25, -0.2) is 4.39 Å². The van der Waals surface area contributed by atoms with Crippen molar-refractivity contribution in [3.8, 4) is 5.75 Å². The van der Waals surface area contributed by atoms with Gasteiger partial charge in [-0.3, -0.25) is 9.59 Å². The van der Waals surface area contributed by atoms with E-state index in [1.165, 1.54) is 12.1 Å². The van der Waals surface area contributed by atoms with Crippen molar-refractivity contribution in [2.24, 2.45) is 5.92 Å². The van der Waals surface area contributed by atoms with Crippen molar-refractivity contribution in [1.82, 2.24) is 9.80 Å². The van der Waals surface area contributed by atoms with Gasteiger partial charge in [0.25, 0.3) is 5.91 Å². The first-order valence-electron chi connectivity index (χ1n) is 11.8. The Hall–Kier alpha value is -2.89. The molecule has 0 N–H and O–H groups in total. The van der Waals surface area contributed by atoms with E-state index in [9.17, 15) is 14.0 Å². The first-order valence-corrected chi connectivity index (χ1v) is 11.8. The Morgan fingerprint density at radius 3 is 2.58 bits per heavy atom. The van der Waals surface area contributed by atoms with Crippen LogP contribution in [-0.2, 0) is 16.0 Å². The highest BCUT2D eigenvalue weighted by molar-refractivity contribution is 5.81. The number of ether oxygens (including phenoxy) is 1. The predicted molar refractivity (Wildman–Crippen MR) is 128 cm³/mol. The average Bonchev–Trinajstić information content (AvgIpc) is 2.80. The lowest BCUT2D eigenvalue weighted by Gasteiger charge is -2.38. The largest absolute Gasteiger partial charge is 0.481 e. The molecule has 0 aliphatic carbocycles. The lowest BCUT2D eigenvalue weighted by atomic mass is 9.87. The predicted octanol–water partition coefficient (Wildman–Crippen LogP) is 4.98. The third kappa shape index (κ3) is 5.73. The van der Waals surface area contributed by atoms with Crippen molar-refractivity contribution in [3.63, 3.8) is 0 Å². The molecule has 2 aromatic carbocycles. The van der Waals surface area contributed by atoms with Gasteiger partial charge in [0, 0.05) is 26.6 Å². The summed E-state index contributed by atoms with van der Waals surface area (Å²) in [5.41, 5.74) is 2.77. The summed E-state index contributed by atoms with van der Waals surface area (Å²) in [6.07, 6.45) is 1.13. The van der Waals surface area contributed by atoms with E-state index in [1.807, 2.05) is 56.9 Å². The zero-order valence-corrected chi connectivity index (χ0v) is 20.3. The number of nitrogens with zero attached hydrogens (tertiary/aromatic N) is 2. The third-order valence-electron chi connectivity index (χ3n) is 6.19. The summed E-state index contributed by atoms with van der Waals surface area (Å²) < 4.78 is 20.3. The van der Waals surface area contributed by atoms with E-state index in [4.69, 9.17) is 4.74 Å². The quantitative estimate of drug-likeness (QED) is 0.565. The van der Waals surface area contributed by atoms with E-state index in [0.717, 1.165) is 23.1 Å². The highest BCUT2D eigenvalue weighted by Crippen LogP contribution is 2.38. The van der Waals surface area contributed by atoms with Crippen LogP contribution in [-0.4, -0.2) is 47.9 Å². The second-order valence-electron chi connectivity index (χ2n) is 9.12. The number of carbonyl (C=O) groups is 2. The molecule has 5 nitrogen and oxygen atoms in total. The first kappa shape index (κ1) is 24.7. The Balaban J connectivity index is 2.00. The first-order chi connectivity index (χ1) is 15.7. The second-order valence-corrected chi connectivity index (χ2v) is 9.12. The molecule has 1 aliphatic heterocycles. The van der Waals surface area contributed by atoms with Gasteiger partial charge in [0.1, 0.15) is 11.6 Å². The lowest BCUT2D eigenvalue weighted by Crippen LogP contribution is -2.41. The maximum absolute atomic E-state index is 14.2. The molecule has 2 aromatic rings. The SMILES string of the molecule is CC[C@H](Oc1ccc2c(c1)[C@H](c1cccc(F)c1)N(C(=O)CC(C)C)CC2)C(=O)N(C)CC. The fourth-order valence-electron chi connectivity index (χ4n) is 4.31. The van der Waals surface area contributed by atoms with E-state index in [2.05, 4.69) is 0 Å². The van der Waals surface area contributed by atoms with Gasteiger partial charge in [-0.1, -0.05) is 39.0 Å². The van der Waals surface area contributed by atoms with Crippen LogP contribution < -0.4 is 4.74 Å². The minimum Gasteiger partial charge on any atom is -0.481 e.